The van der Waals surface area contributed by atoms with Gasteiger partial charge in [-0.3, -0.25) is 0 Å². The molecule has 0 radical (unpaired) electrons. The van der Waals surface area contributed by atoms with E-state index in [1.807, 2.05) is 0 Å². The number of carbonyl (C=O) groups is 1. The molecule has 0 saturated carbocycles. The van der Waals surface area contributed by atoms with Crippen molar-refractivity contribution >= 4 is 17.7 Å². The van der Waals surface area contributed by atoms with E-state index in [0.29, 0.717) is 24.3 Å². The van der Waals surface area contributed by atoms with Crippen LogP contribution in [-0.2, 0) is 6.42 Å². The Balaban J connectivity index is 2.38. The average Bonchev–Trinajstić information content (AvgIpc) is 2.33. The molecule has 20 heavy (non-hydrogen) atoms. The molecule has 0 spiro atoms. The van der Waals surface area contributed by atoms with Crippen LogP contribution in [0, 0.1) is 5.82 Å². The second-order valence-electron chi connectivity index (χ2n) is 4.70. The van der Waals surface area contributed by atoms with Gasteiger partial charge in [0.1, 0.15) is 11.6 Å². The van der Waals surface area contributed by atoms with Crippen molar-refractivity contribution < 1.29 is 19.0 Å². The maximum atomic E-state index is 14.3. The van der Waals surface area contributed by atoms with E-state index >= 15 is 0 Å². The van der Waals surface area contributed by atoms with E-state index in [1.54, 1.807) is 0 Å². The molecule has 2 rings (SSSR count). The number of rotatable bonds is 4. The van der Waals surface area contributed by atoms with Crippen molar-refractivity contribution in [3.05, 3.63) is 28.0 Å². The number of hydrogen-bond acceptors (Lipinski definition) is 3. The standard InChI is InChI=1S/C13H16ClFN2O3/c1-20-12-7(2-3-16)4-9(14)11(15)10(12)8-5-17(6-8)13(18)19/h4,8H,2-3,5-6,16H2,1H3,(H,18,19). The van der Waals surface area contributed by atoms with Crippen molar-refractivity contribution in [1.82, 2.24) is 4.90 Å². The van der Waals surface area contributed by atoms with Crippen molar-refractivity contribution in [3.8, 4) is 5.75 Å². The minimum atomic E-state index is -1.01. The molecule has 1 aromatic carbocycles. The molecule has 1 heterocycles. The van der Waals surface area contributed by atoms with Crippen LogP contribution in [0.5, 0.6) is 5.75 Å². The van der Waals surface area contributed by atoms with Gasteiger partial charge in [0, 0.05) is 24.6 Å². The van der Waals surface area contributed by atoms with Crippen LogP contribution < -0.4 is 10.5 Å². The third-order valence-electron chi connectivity index (χ3n) is 3.46. The van der Waals surface area contributed by atoms with E-state index in [-0.39, 0.29) is 24.0 Å². The molecule has 0 aliphatic carbocycles. The SMILES string of the molecule is COc1c(CCN)cc(Cl)c(F)c1C1CN(C(=O)O)C1. The summed E-state index contributed by atoms with van der Waals surface area (Å²) < 4.78 is 19.6. The van der Waals surface area contributed by atoms with Gasteiger partial charge < -0.3 is 20.5 Å². The Morgan fingerprint density at radius 3 is 2.80 bits per heavy atom. The fourth-order valence-electron chi connectivity index (χ4n) is 2.45. The number of likely N-dealkylation sites (tertiary alicyclic amines) is 1. The molecule has 0 unspecified atom stereocenters. The lowest BCUT2D eigenvalue weighted by atomic mass is 9.88. The zero-order valence-electron chi connectivity index (χ0n) is 11.0. The molecule has 1 aliphatic heterocycles. The highest BCUT2D eigenvalue weighted by molar-refractivity contribution is 6.31. The Morgan fingerprint density at radius 1 is 1.65 bits per heavy atom. The minimum Gasteiger partial charge on any atom is -0.496 e. The molecule has 1 saturated heterocycles. The predicted molar refractivity (Wildman–Crippen MR) is 73.1 cm³/mol. The van der Waals surface area contributed by atoms with Crippen molar-refractivity contribution in [1.29, 1.82) is 0 Å². The Labute approximate surface area is 121 Å². The van der Waals surface area contributed by atoms with E-state index in [2.05, 4.69) is 0 Å². The van der Waals surface area contributed by atoms with Crippen molar-refractivity contribution in [2.45, 2.75) is 12.3 Å². The summed E-state index contributed by atoms with van der Waals surface area (Å²) in [7, 11) is 1.46. The Kier molecular flexibility index (Phi) is 4.35. The van der Waals surface area contributed by atoms with Crippen molar-refractivity contribution in [2.75, 3.05) is 26.7 Å². The Bertz CT molecular complexity index is 533. The molecule has 0 bridgehead atoms. The van der Waals surface area contributed by atoms with E-state index in [0.717, 1.165) is 5.56 Å². The minimum absolute atomic E-state index is 0.0121. The highest BCUT2D eigenvalue weighted by Crippen LogP contribution is 2.40. The summed E-state index contributed by atoms with van der Waals surface area (Å²) in [5.41, 5.74) is 6.62. The molecule has 0 aromatic heterocycles. The molecule has 110 valence electrons. The van der Waals surface area contributed by atoms with Crippen LogP contribution in [0.4, 0.5) is 9.18 Å². The number of hydrogen-bond donors (Lipinski definition) is 2. The lowest BCUT2D eigenvalue weighted by Crippen LogP contribution is -2.48. The number of carboxylic acid groups (broad SMARTS) is 1. The molecule has 1 aliphatic rings. The quantitative estimate of drug-likeness (QED) is 0.892. The number of methoxy groups -OCH3 is 1. The van der Waals surface area contributed by atoms with Crippen LogP contribution in [0.25, 0.3) is 0 Å². The van der Waals surface area contributed by atoms with Gasteiger partial charge in [-0.25, -0.2) is 9.18 Å². The number of nitrogens with zero attached hydrogens (tertiary/aromatic N) is 1. The number of halogens is 2. The summed E-state index contributed by atoms with van der Waals surface area (Å²) in [6.07, 6.45) is -0.490. The molecule has 5 nitrogen and oxygen atoms in total. The van der Waals surface area contributed by atoms with Gasteiger partial charge in [0.15, 0.2) is 0 Å². The first kappa shape index (κ1) is 14.9. The Hall–Kier alpha value is -1.53. The summed E-state index contributed by atoms with van der Waals surface area (Å²) in [5.74, 6) is -0.358. The second-order valence-corrected chi connectivity index (χ2v) is 5.11. The van der Waals surface area contributed by atoms with Crippen molar-refractivity contribution in [2.24, 2.45) is 5.73 Å². The first-order valence-corrected chi connectivity index (χ1v) is 6.60. The highest BCUT2D eigenvalue weighted by atomic mass is 35.5. The molecule has 3 N–H and O–H groups in total. The zero-order valence-corrected chi connectivity index (χ0v) is 11.8. The van der Waals surface area contributed by atoms with Crippen LogP contribution >= 0.6 is 11.6 Å². The largest absolute Gasteiger partial charge is 0.496 e. The first-order valence-electron chi connectivity index (χ1n) is 6.22. The van der Waals surface area contributed by atoms with Crippen LogP contribution in [0.2, 0.25) is 5.02 Å². The van der Waals surface area contributed by atoms with Gasteiger partial charge in [-0.05, 0) is 24.6 Å². The maximum Gasteiger partial charge on any atom is 0.407 e. The summed E-state index contributed by atoms with van der Waals surface area (Å²) in [6.45, 7) is 0.875. The molecule has 0 atom stereocenters. The molecular weight excluding hydrogens is 287 g/mol. The lowest BCUT2D eigenvalue weighted by Gasteiger charge is -2.38. The van der Waals surface area contributed by atoms with Gasteiger partial charge in [-0.15, -0.1) is 0 Å². The zero-order chi connectivity index (χ0) is 14.9. The van der Waals surface area contributed by atoms with E-state index in [4.69, 9.17) is 27.2 Å². The van der Waals surface area contributed by atoms with E-state index in [1.165, 1.54) is 18.1 Å². The van der Waals surface area contributed by atoms with Gasteiger partial charge in [0.05, 0.1) is 12.1 Å². The molecular formula is C13H16ClFN2O3. The van der Waals surface area contributed by atoms with Gasteiger partial charge in [-0.2, -0.15) is 0 Å². The fraction of sp³-hybridized carbons (Fsp3) is 0.462. The third-order valence-corrected chi connectivity index (χ3v) is 3.74. The lowest BCUT2D eigenvalue weighted by molar-refractivity contribution is 0.103. The van der Waals surface area contributed by atoms with Crippen LogP contribution in [0.15, 0.2) is 6.07 Å². The maximum absolute atomic E-state index is 14.3. The average molecular weight is 303 g/mol. The van der Waals surface area contributed by atoms with E-state index < -0.39 is 11.9 Å². The van der Waals surface area contributed by atoms with Gasteiger partial charge in [0.25, 0.3) is 0 Å². The topological polar surface area (TPSA) is 75.8 Å². The number of ether oxygens (including phenoxy) is 1. The van der Waals surface area contributed by atoms with E-state index in [9.17, 15) is 9.18 Å². The number of nitrogens with two attached hydrogens (primary N) is 1. The fourth-order valence-corrected chi connectivity index (χ4v) is 2.68. The summed E-state index contributed by atoms with van der Waals surface area (Å²) in [6, 6.07) is 1.51. The molecule has 7 heteroatoms. The first-order chi connectivity index (χ1) is 9.49. The summed E-state index contributed by atoms with van der Waals surface area (Å²) in [4.78, 5) is 12.0. The predicted octanol–water partition coefficient (Wildman–Crippen LogP) is 2.07. The van der Waals surface area contributed by atoms with Gasteiger partial charge >= 0.3 is 6.09 Å². The van der Waals surface area contributed by atoms with Gasteiger partial charge in [0.2, 0.25) is 0 Å². The van der Waals surface area contributed by atoms with Crippen molar-refractivity contribution in [3.63, 3.8) is 0 Å². The monoisotopic (exact) mass is 302 g/mol. The summed E-state index contributed by atoms with van der Waals surface area (Å²) >= 11 is 5.91. The second kappa shape index (κ2) is 5.85. The third kappa shape index (κ3) is 2.53. The molecule has 1 amide bonds. The highest BCUT2D eigenvalue weighted by Gasteiger charge is 2.36. The van der Waals surface area contributed by atoms with Crippen LogP contribution in [0.1, 0.15) is 17.0 Å². The van der Waals surface area contributed by atoms with Crippen LogP contribution in [-0.4, -0.2) is 42.8 Å². The number of amides is 1. The summed E-state index contributed by atoms with van der Waals surface area (Å²) in [5, 5.41) is 8.86. The number of benzene rings is 1. The van der Waals surface area contributed by atoms with Gasteiger partial charge in [-0.1, -0.05) is 11.6 Å². The molecule has 1 aromatic rings. The smallest absolute Gasteiger partial charge is 0.407 e. The normalized spacial score (nSPS) is 15.1. The molecule has 1 fully saturated rings. The van der Waals surface area contributed by atoms with Crippen LogP contribution in [0.3, 0.4) is 0 Å². The Morgan fingerprint density at radius 2 is 2.30 bits per heavy atom.